The van der Waals surface area contributed by atoms with E-state index < -0.39 is 12.6 Å². The molecule has 38 heavy (non-hydrogen) atoms. The number of thioether (sulfide) groups is 1. The van der Waals surface area contributed by atoms with Gasteiger partial charge in [0.1, 0.15) is 23.8 Å². The minimum absolute atomic E-state index is 0.0545. The summed E-state index contributed by atoms with van der Waals surface area (Å²) in [4.78, 5) is 23.2. The molecule has 0 bridgehead atoms. The number of hydrogen-bond acceptors (Lipinski definition) is 8. The third kappa shape index (κ3) is 6.77. The minimum Gasteiger partial charge on any atom is -0.546 e. The number of ether oxygens (including phenoxy) is 2. The van der Waals surface area contributed by atoms with Crippen LogP contribution in [0.5, 0.6) is 11.5 Å². The quantitative estimate of drug-likeness (QED) is 0.131. The molecule has 0 spiro atoms. The van der Waals surface area contributed by atoms with Crippen LogP contribution in [0.2, 0.25) is 0 Å². The van der Waals surface area contributed by atoms with E-state index in [9.17, 15) is 14.7 Å². The van der Waals surface area contributed by atoms with Crippen molar-refractivity contribution in [3.8, 4) is 28.6 Å². The summed E-state index contributed by atoms with van der Waals surface area (Å²) in [6.45, 7) is 1.43. The lowest BCUT2D eigenvalue weighted by Crippen LogP contribution is -2.34. The Morgan fingerprint density at radius 3 is 2.55 bits per heavy atom. The van der Waals surface area contributed by atoms with E-state index in [-0.39, 0.29) is 11.7 Å². The van der Waals surface area contributed by atoms with Gasteiger partial charge in [0.2, 0.25) is 0 Å². The van der Waals surface area contributed by atoms with E-state index in [0.29, 0.717) is 16.5 Å². The fourth-order valence-corrected chi connectivity index (χ4v) is 4.22. The van der Waals surface area contributed by atoms with Crippen molar-refractivity contribution in [3.05, 3.63) is 83.9 Å². The molecule has 1 aromatic heterocycles. The largest absolute Gasteiger partial charge is 0.546 e. The first-order chi connectivity index (χ1) is 18.4. The Morgan fingerprint density at radius 1 is 1.11 bits per heavy atom. The van der Waals surface area contributed by atoms with Gasteiger partial charge in [-0.2, -0.15) is 9.67 Å². The van der Waals surface area contributed by atoms with Gasteiger partial charge in [-0.1, -0.05) is 29.8 Å². The van der Waals surface area contributed by atoms with Crippen LogP contribution in [0.15, 0.2) is 83.1 Å². The van der Waals surface area contributed by atoms with E-state index in [4.69, 9.17) is 9.47 Å². The maximum atomic E-state index is 12.5. The van der Waals surface area contributed by atoms with Crippen LogP contribution in [0.4, 0.5) is 0 Å². The lowest BCUT2D eigenvalue weighted by Gasteiger charge is -2.09. The molecule has 194 valence electrons. The van der Waals surface area contributed by atoms with Crippen LogP contribution in [-0.4, -0.2) is 47.8 Å². The number of nitrogens with zero attached hydrogens (tertiary/aromatic N) is 3. The molecule has 10 nitrogen and oxygen atoms in total. The number of methoxy groups -OCH3 is 1. The molecular weight excluding hydrogens is 506 g/mol. The van der Waals surface area contributed by atoms with Crippen molar-refractivity contribution in [3.63, 3.8) is 0 Å². The lowest BCUT2D eigenvalue weighted by atomic mass is 10.2. The fourth-order valence-electron chi connectivity index (χ4n) is 3.46. The number of carbonyl (C=O) groups excluding carboxylic acids is 2. The van der Waals surface area contributed by atoms with Crippen molar-refractivity contribution in [2.45, 2.75) is 12.1 Å². The van der Waals surface area contributed by atoms with Crippen molar-refractivity contribution in [2.24, 2.45) is 5.10 Å². The molecule has 3 aromatic carbocycles. The summed E-state index contributed by atoms with van der Waals surface area (Å²) in [5, 5.41) is 22.8. The van der Waals surface area contributed by atoms with Gasteiger partial charge in [0.25, 0.3) is 11.7 Å². The van der Waals surface area contributed by atoms with Gasteiger partial charge in [-0.3, -0.25) is 4.79 Å². The first kappa shape index (κ1) is 26.4. The number of aromatic nitrogens is 3. The number of benzene rings is 3. The zero-order chi connectivity index (χ0) is 26.9. The first-order valence-electron chi connectivity index (χ1n) is 11.5. The zero-order valence-electron chi connectivity index (χ0n) is 20.7. The maximum absolute atomic E-state index is 12.5. The number of carbonyl (C=O) groups is 2. The highest BCUT2D eigenvalue weighted by Crippen LogP contribution is 2.23. The Labute approximate surface area is 223 Å². The highest BCUT2D eigenvalue weighted by atomic mass is 32.2. The van der Waals surface area contributed by atoms with Crippen molar-refractivity contribution in [2.75, 3.05) is 19.5 Å². The molecule has 0 atom stereocenters. The molecule has 0 aliphatic carbocycles. The van der Waals surface area contributed by atoms with Crippen LogP contribution in [-0.2, 0) is 9.59 Å². The first-order valence-corrected chi connectivity index (χ1v) is 12.5. The fraction of sp³-hybridized carbons (Fsp3) is 0.148. The van der Waals surface area contributed by atoms with Crippen molar-refractivity contribution >= 4 is 29.9 Å². The van der Waals surface area contributed by atoms with Crippen molar-refractivity contribution < 1.29 is 28.7 Å². The number of aliphatic carboxylic acids is 1. The minimum atomic E-state index is -1.33. The molecule has 4 rings (SSSR count). The van der Waals surface area contributed by atoms with Crippen LogP contribution in [0.25, 0.3) is 17.1 Å². The third-order valence-electron chi connectivity index (χ3n) is 5.32. The molecule has 11 heteroatoms. The number of carboxylic acid groups (broad SMARTS) is 1. The molecule has 0 radical (unpaired) electrons. The molecule has 0 fully saturated rings. The Morgan fingerprint density at radius 2 is 1.84 bits per heavy atom. The Kier molecular flexibility index (Phi) is 8.73. The van der Waals surface area contributed by atoms with Crippen LogP contribution in [0.1, 0.15) is 11.1 Å². The molecule has 1 heterocycles. The summed E-state index contributed by atoms with van der Waals surface area (Å²) in [5.74, 6) is 0.188. The maximum Gasteiger partial charge on any atom is 0.342 e. The number of H-pyrrole nitrogens is 1. The number of carboxylic acids is 1. The molecule has 0 saturated heterocycles. The molecule has 0 saturated carbocycles. The zero-order valence-corrected chi connectivity index (χ0v) is 21.5. The number of aromatic amines is 1. The second kappa shape index (κ2) is 12.5. The highest BCUT2D eigenvalue weighted by molar-refractivity contribution is 7.99. The van der Waals surface area contributed by atoms with E-state index >= 15 is 0 Å². The molecule has 0 aliphatic heterocycles. The van der Waals surface area contributed by atoms with Crippen molar-refractivity contribution in [1.29, 1.82) is 0 Å². The van der Waals surface area contributed by atoms with Crippen LogP contribution >= 0.6 is 11.8 Å². The van der Waals surface area contributed by atoms with Gasteiger partial charge < -0.3 is 19.4 Å². The number of rotatable bonds is 11. The third-order valence-corrected chi connectivity index (χ3v) is 6.26. The molecule has 4 aromatic rings. The normalized spacial score (nSPS) is 10.9. The van der Waals surface area contributed by atoms with Gasteiger partial charge in [-0.25, -0.2) is 5.43 Å². The average Bonchev–Trinajstić information content (AvgIpc) is 3.35. The van der Waals surface area contributed by atoms with Gasteiger partial charge in [0.15, 0.2) is 0 Å². The topological polar surface area (TPSA) is 133 Å². The second-order valence-electron chi connectivity index (χ2n) is 8.03. The monoisotopic (exact) mass is 531 g/mol. The highest BCUT2D eigenvalue weighted by Gasteiger charge is 2.24. The van der Waals surface area contributed by atoms with E-state index in [0.717, 1.165) is 28.4 Å². The van der Waals surface area contributed by atoms with E-state index in [1.54, 1.807) is 31.4 Å². The summed E-state index contributed by atoms with van der Waals surface area (Å²) in [6, 6.07) is 22.3. The summed E-state index contributed by atoms with van der Waals surface area (Å²) < 4.78 is 12.4. The van der Waals surface area contributed by atoms with Gasteiger partial charge in [-0.15, -0.1) is 5.10 Å². The number of hydrazone groups is 1. The van der Waals surface area contributed by atoms with E-state index in [1.807, 2.05) is 60.0 Å². The summed E-state index contributed by atoms with van der Waals surface area (Å²) in [6.07, 6.45) is 1.38. The summed E-state index contributed by atoms with van der Waals surface area (Å²) in [5.41, 5.74) is 5.91. The smallest absolute Gasteiger partial charge is 0.342 e. The van der Waals surface area contributed by atoms with Crippen LogP contribution < -0.4 is 24.6 Å². The van der Waals surface area contributed by atoms with E-state index in [1.165, 1.54) is 18.0 Å². The SMILES string of the molecule is COc1ccc(-c2[nH]nc(SCC(=O)NN=Cc3ccccc3OCC(=O)[O-])[n+]2-c2ccc(C)cc2)cc1. The van der Waals surface area contributed by atoms with Gasteiger partial charge in [0, 0.05) is 5.56 Å². The Bertz CT molecular complexity index is 1440. The number of nitrogens with one attached hydrogen (secondary N) is 2. The number of amides is 1. The Balaban J connectivity index is 1.47. The van der Waals surface area contributed by atoms with Crippen LogP contribution in [0, 0.1) is 6.92 Å². The molecule has 0 unspecified atom stereocenters. The predicted molar refractivity (Wildman–Crippen MR) is 140 cm³/mol. The number of para-hydroxylation sites is 1. The van der Waals surface area contributed by atoms with E-state index in [2.05, 4.69) is 20.7 Å². The average molecular weight is 532 g/mol. The molecular formula is C27H25N5O5S. The second-order valence-corrected chi connectivity index (χ2v) is 8.98. The Hall–Kier alpha value is -4.64. The number of hydrogen-bond donors (Lipinski definition) is 2. The van der Waals surface area contributed by atoms with Crippen molar-refractivity contribution in [1.82, 2.24) is 15.6 Å². The van der Waals surface area contributed by atoms with Gasteiger partial charge >= 0.3 is 5.16 Å². The summed E-state index contributed by atoms with van der Waals surface area (Å²) in [7, 11) is 1.62. The molecule has 1 amide bonds. The van der Waals surface area contributed by atoms with Crippen LogP contribution in [0.3, 0.4) is 0 Å². The summed E-state index contributed by atoms with van der Waals surface area (Å²) >= 11 is 1.25. The lowest BCUT2D eigenvalue weighted by molar-refractivity contribution is -0.625. The van der Waals surface area contributed by atoms with Gasteiger partial charge in [-0.05, 0) is 67.2 Å². The molecule has 0 aliphatic rings. The number of aryl methyl sites for hydroxylation is 1. The molecule has 2 N–H and O–H groups in total. The van der Waals surface area contributed by atoms with Gasteiger partial charge in [0.05, 0.1) is 35.7 Å². The standard InChI is InChI=1S/C27H25N5O5S/c1-18-7-11-21(12-8-18)32-26(19-9-13-22(36-2)14-10-19)30-31-27(32)38-17-24(33)29-28-15-20-5-3-4-6-23(20)37-16-25(34)35/h3-15H,16-17H2,1-2H3,(H2,29,33,34,35). The predicted octanol–water partition coefficient (Wildman–Crippen LogP) is 2.04.